The summed E-state index contributed by atoms with van der Waals surface area (Å²) in [7, 11) is 0. The molecule has 0 aliphatic carbocycles. The second-order valence-electron chi connectivity index (χ2n) is 3.33. The fourth-order valence-electron chi connectivity index (χ4n) is 1.45. The highest BCUT2D eigenvalue weighted by Gasteiger charge is 2.16. The fourth-order valence-corrected chi connectivity index (χ4v) is 2.52. The highest BCUT2D eigenvalue weighted by molar-refractivity contribution is 7.99. The van der Waals surface area contributed by atoms with Gasteiger partial charge in [0.25, 0.3) is 0 Å². The maximum atomic E-state index is 5.75. The van der Waals surface area contributed by atoms with Crippen LogP contribution in [0.5, 0.6) is 5.88 Å². The van der Waals surface area contributed by atoms with Gasteiger partial charge in [-0.1, -0.05) is 0 Å². The molecule has 3 nitrogen and oxygen atoms in total. The Morgan fingerprint density at radius 1 is 1.43 bits per heavy atom. The monoisotopic (exact) mass is 210 g/mol. The van der Waals surface area contributed by atoms with Gasteiger partial charge in [-0.25, -0.2) is 4.98 Å². The summed E-state index contributed by atoms with van der Waals surface area (Å²) in [5.41, 5.74) is 6.38. The van der Waals surface area contributed by atoms with E-state index in [9.17, 15) is 0 Å². The van der Waals surface area contributed by atoms with Crippen molar-refractivity contribution in [2.24, 2.45) is 0 Å². The number of rotatable bonds is 2. The van der Waals surface area contributed by atoms with E-state index >= 15 is 0 Å². The van der Waals surface area contributed by atoms with Gasteiger partial charge in [0.15, 0.2) is 0 Å². The van der Waals surface area contributed by atoms with E-state index in [2.05, 4.69) is 4.98 Å². The van der Waals surface area contributed by atoms with Crippen LogP contribution in [0.4, 0.5) is 5.69 Å². The number of nitrogens with zero attached hydrogens (tertiary/aromatic N) is 1. The Morgan fingerprint density at radius 2 is 2.21 bits per heavy atom. The fraction of sp³-hybridized carbons (Fsp3) is 0.500. The van der Waals surface area contributed by atoms with E-state index in [1.165, 1.54) is 11.5 Å². The van der Waals surface area contributed by atoms with Crippen molar-refractivity contribution >= 4 is 17.4 Å². The summed E-state index contributed by atoms with van der Waals surface area (Å²) in [5.74, 6) is 2.94. The van der Waals surface area contributed by atoms with E-state index < -0.39 is 0 Å². The summed E-state index contributed by atoms with van der Waals surface area (Å²) in [4.78, 5) is 4.12. The molecule has 0 bridgehead atoms. The number of hydrogen-bond acceptors (Lipinski definition) is 4. The summed E-state index contributed by atoms with van der Waals surface area (Å²) in [6.45, 7) is 0. The Balaban J connectivity index is 1.99. The highest BCUT2D eigenvalue weighted by Crippen LogP contribution is 2.24. The van der Waals surface area contributed by atoms with Crippen LogP contribution in [0.2, 0.25) is 0 Å². The van der Waals surface area contributed by atoms with Crippen molar-refractivity contribution in [1.29, 1.82) is 0 Å². The van der Waals surface area contributed by atoms with Gasteiger partial charge in [-0.15, -0.1) is 0 Å². The van der Waals surface area contributed by atoms with Crippen LogP contribution in [0.3, 0.4) is 0 Å². The number of pyridine rings is 1. The SMILES string of the molecule is Nc1cccnc1OC1CCSCC1. The van der Waals surface area contributed by atoms with Crippen molar-refractivity contribution < 1.29 is 4.74 Å². The van der Waals surface area contributed by atoms with Gasteiger partial charge in [-0.3, -0.25) is 0 Å². The molecule has 1 saturated heterocycles. The predicted octanol–water partition coefficient (Wildman–Crippen LogP) is 1.94. The van der Waals surface area contributed by atoms with Crippen LogP contribution in [0.15, 0.2) is 18.3 Å². The maximum Gasteiger partial charge on any atom is 0.237 e. The van der Waals surface area contributed by atoms with Crippen LogP contribution in [-0.2, 0) is 0 Å². The number of aromatic nitrogens is 1. The van der Waals surface area contributed by atoms with E-state index in [0.29, 0.717) is 17.7 Å². The van der Waals surface area contributed by atoms with Crippen molar-refractivity contribution in [3.63, 3.8) is 0 Å². The smallest absolute Gasteiger partial charge is 0.237 e. The molecular weight excluding hydrogens is 196 g/mol. The first-order valence-corrected chi connectivity index (χ1v) is 5.96. The molecule has 2 rings (SSSR count). The summed E-state index contributed by atoms with van der Waals surface area (Å²) >= 11 is 1.98. The highest BCUT2D eigenvalue weighted by atomic mass is 32.2. The summed E-state index contributed by atoms with van der Waals surface area (Å²) in [5, 5.41) is 0. The van der Waals surface area contributed by atoms with Crippen molar-refractivity contribution in [2.75, 3.05) is 17.2 Å². The molecule has 0 atom stereocenters. The zero-order chi connectivity index (χ0) is 9.80. The van der Waals surface area contributed by atoms with E-state index in [1.54, 1.807) is 6.20 Å². The molecule has 1 fully saturated rings. The van der Waals surface area contributed by atoms with Crippen molar-refractivity contribution in [3.05, 3.63) is 18.3 Å². The van der Waals surface area contributed by atoms with E-state index in [-0.39, 0.29) is 0 Å². The molecule has 1 aliphatic heterocycles. The number of nitrogen functional groups attached to an aromatic ring is 1. The average molecular weight is 210 g/mol. The van der Waals surface area contributed by atoms with Gasteiger partial charge in [-0.05, 0) is 36.5 Å². The number of thioether (sulfide) groups is 1. The van der Waals surface area contributed by atoms with Gasteiger partial charge in [0, 0.05) is 6.20 Å². The second kappa shape index (κ2) is 4.55. The second-order valence-corrected chi connectivity index (χ2v) is 4.55. The van der Waals surface area contributed by atoms with Crippen molar-refractivity contribution in [3.8, 4) is 5.88 Å². The minimum atomic E-state index is 0.299. The third-order valence-electron chi connectivity index (χ3n) is 2.25. The Labute approximate surface area is 88.0 Å². The molecule has 0 aromatic carbocycles. The molecule has 0 radical (unpaired) electrons. The lowest BCUT2D eigenvalue weighted by Crippen LogP contribution is -2.22. The molecule has 1 aliphatic rings. The van der Waals surface area contributed by atoms with Crippen LogP contribution in [0.1, 0.15) is 12.8 Å². The molecule has 0 spiro atoms. The third kappa shape index (κ3) is 2.32. The Hall–Kier alpha value is -0.900. The quantitative estimate of drug-likeness (QED) is 0.810. The van der Waals surface area contributed by atoms with Gasteiger partial charge in [0.1, 0.15) is 6.10 Å². The molecule has 0 unspecified atom stereocenters. The minimum Gasteiger partial charge on any atom is -0.473 e. The molecule has 0 amide bonds. The Bertz CT molecular complexity index is 300. The lowest BCUT2D eigenvalue weighted by atomic mass is 10.2. The van der Waals surface area contributed by atoms with Crippen LogP contribution in [-0.4, -0.2) is 22.6 Å². The Kier molecular flexibility index (Phi) is 3.14. The molecule has 0 saturated carbocycles. The van der Waals surface area contributed by atoms with Gasteiger partial charge in [-0.2, -0.15) is 11.8 Å². The molecule has 1 aromatic heterocycles. The number of anilines is 1. The first kappa shape index (κ1) is 9.65. The topological polar surface area (TPSA) is 48.1 Å². The molecule has 2 N–H and O–H groups in total. The molecule has 4 heteroatoms. The first-order chi connectivity index (χ1) is 6.86. The normalized spacial score (nSPS) is 18.0. The molecular formula is C10H14N2OS. The van der Waals surface area contributed by atoms with Gasteiger partial charge >= 0.3 is 0 Å². The first-order valence-electron chi connectivity index (χ1n) is 4.81. The molecule has 76 valence electrons. The number of hydrogen-bond donors (Lipinski definition) is 1. The zero-order valence-corrected chi connectivity index (χ0v) is 8.80. The molecule has 1 aromatic rings. The summed E-state index contributed by atoms with van der Waals surface area (Å²) < 4.78 is 5.74. The minimum absolute atomic E-state index is 0.299. The van der Waals surface area contributed by atoms with Crippen LogP contribution in [0.25, 0.3) is 0 Å². The van der Waals surface area contributed by atoms with Crippen LogP contribution >= 0.6 is 11.8 Å². The van der Waals surface area contributed by atoms with Crippen molar-refractivity contribution in [2.45, 2.75) is 18.9 Å². The lowest BCUT2D eigenvalue weighted by molar-refractivity contribution is 0.186. The van der Waals surface area contributed by atoms with Gasteiger partial charge in [0.2, 0.25) is 5.88 Å². The van der Waals surface area contributed by atoms with Gasteiger partial charge < -0.3 is 10.5 Å². The maximum absolute atomic E-state index is 5.75. The van der Waals surface area contributed by atoms with E-state index in [0.717, 1.165) is 12.8 Å². The van der Waals surface area contributed by atoms with Crippen LogP contribution in [0, 0.1) is 0 Å². The number of ether oxygens (including phenoxy) is 1. The standard InChI is InChI=1S/C10H14N2OS/c11-9-2-1-5-12-10(9)13-8-3-6-14-7-4-8/h1-2,5,8H,3-4,6-7,11H2. The average Bonchev–Trinajstić information content (AvgIpc) is 2.23. The summed E-state index contributed by atoms with van der Waals surface area (Å²) in [6.07, 6.45) is 4.21. The zero-order valence-electron chi connectivity index (χ0n) is 7.98. The number of nitrogens with two attached hydrogens (primary N) is 1. The molecule has 14 heavy (non-hydrogen) atoms. The summed E-state index contributed by atoms with van der Waals surface area (Å²) in [6, 6.07) is 3.64. The third-order valence-corrected chi connectivity index (χ3v) is 3.30. The predicted molar refractivity (Wildman–Crippen MR) is 59.6 cm³/mol. The van der Waals surface area contributed by atoms with Crippen LogP contribution < -0.4 is 10.5 Å². The van der Waals surface area contributed by atoms with Gasteiger partial charge in [0.05, 0.1) is 5.69 Å². The van der Waals surface area contributed by atoms with E-state index in [1.807, 2.05) is 23.9 Å². The van der Waals surface area contributed by atoms with Crippen molar-refractivity contribution in [1.82, 2.24) is 4.98 Å². The Morgan fingerprint density at radius 3 is 2.93 bits per heavy atom. The van der Waals surface area contributed by atoms with E-state index in [4.69, 9.17) is 10.5 Å². The largest absolute Gasteiger partial charge is 0.473 e. The molecule has 2 heterocycles. The lowest BCUT2D eigenvalue weighted by Gasteiger charge is -2.22.